The summed E-state index contributed by atoms with van der Waals surface area (Å²) < 4.78 is 9.67. The van der Waals surface area contributed by atoms with Crippen LogP contribution in [0.2, 0.25) is 0 Å². The van der Waals surface area contributed by atoms with Gasteiger partial charge in [-0.05, 0) is 0 Å². The molecule has 1 aromatic rings. The third kappa shape index (κ3) is 2.77. The van der Waals surface area contributed by atoms with Gasteiger partial charge in [-0.1, -0.05) is 5.16 Å². The van der Waals surface area contributed by atoms with Gasteiger partial charge in [0.05, 0.1) is 19.8 Å². The number of carboxylic acid groups (broad SMARTS) is 1. The van der Waals surface area contributed by atoms with E-state index in [1.54, 1.807) is 6.07 Å². The smallest absolute Gasteiger partial charge is 0.328 e. The van der Waals surface area contributed by atoms with E-state index in [2.05, 4.69) is 15.0 Å². The molecule has 8 heteroatoms. The predicted molar refractivity (Wildman–Crippen MR) is 57.7 cm³/mol. The van der Waals surface area contributed by atoms with Gasteiger partial charge in [-0.25, -0.2) is 9.59 Å². The quantitative estimate of drug-likeness (QED) is 0.766. The van der Waals surface area contributed by atoms with Gasteiger partial charge in [0, 0.05) is 12.6 Å². The van der Waals surface area contributed by atoms with Crippen molar-refractivity contribution in [1.82, 2.24) is 15.4 Å². The number of aromatic nitrogens is 1. The molecule has 2 amide bonds. The SMILES string of the molecule is O=C(O)C1COCCN1C(=O)NCc1ccon1. The highest BCUT2D eigenvalue weighted by molar-refractivity contribution is 5.82. The molecule has 1 unspecified atom stereocenters. The summed E-state index contributed by atoms with van der Waals surface area (Å²) in [6.45, 7) is 0.786. The van der Waals surface area contributed by atoms with E-state index >= 15 is 0 Å². The fraction of sp³-hybridized carbons (Fsp3) is 0.500. The number of carbonyl (C=O) groups is 2. The highest BCUT2D eigenvalue weighted by atomic mass is 16.5. The number of carboxylic acids is 1. The zero-order valence-corrected chi connectivity index (χ0v) is 9.54. The lowest BCUT2D eigenvalue weighted by atomic mass is 10.2. The zero-order valence-electron chi connectivity index (χ0n) is 9.54. The largest absolute Gasteiger partial charge is 0.480 e. The first-order chi connectivity index (χ1) is 8.68. The third-order valence-corrected chi connectivity index (χ3v) is 2.59. The topological polar surface area (TPSA) is 105 Å². The van der Waals surface area contributed by atoms with Crippen molar-refractivity contribution in [2.75, 3.05) is 19.8 Å². The number of amides is 2. The van der Waals surface area contributed by atoms with E-state index in [0.29, 0.717) is 12.3 Å². The highest BCUT2D eigenvalue weighted by Crippen LogP contribution is 2.07. The molecule has 1 aliphatic heterocycles. The van der Waals surface area contributed by atoms with Crippen molar-refractivity contribution < 1.29 is 24.0 Å². The maximum absolute atomic E-state index is 11.8. The number of hydrogen-bond acceptors (Lipinski definition) is 5. The molecular formula is C10H13N3O5. The Bertz CT molecular complexity index is 419. The summed E-state index contributed by atoms with van der Waals surface area (Å²) in [5.74, 6) is -1.08. The number of aliphatic carboxylic acids is 1. The molecule has 1 fully saturated rings. The minimum Gasteiger partial charge on any atom is -0.480 e. The molecule has 2 rings (SSSR count). The average molecular weight is 255 g/mol. The fourth-order valence-electron chi connectivity index (χ4n) is 1.65. The monoisotopic (exact) mass is 255 g/mol. The first-order valence-corrected chi connectivity index (χ1v) is 5.43. The van der Waals surface area contributed by atoms with Gasteiger partial charge in [-0.3, -0.25) is 0 Å². The molecule has 0 bridgehead atoms. The van der Waals surface area contributed by atoms with Gasteiger partial charge in [0.1, 0.15) is 12.0 Å². The predicted octanol–water partition coefficient (Wildman–Crippen LogP) is -0.330. The van der Waals surface area contributed by atoms with Crippen LogP contribution in [0.4, 0.5) is 4.79 Å². The van der Waals surface area contributed by atoms with Crippen LogP contribution in [-0.2, 0) is 16.1 Å². The third-order valence-electron chi connectivity index (χ3n) is 2.59. The molecule has 1 saturated heterocycles. The number of urea groups is 1. The van der Waals surface area contributed by atoms with Crippen LogP contribution in [0.25, 0.3) is 0 Å². The van der Waals surface area contributed by atoms with E-state index in [-0.39, 0.29) is 19.7 Å². The number of carbonyl (C=O) groups excluding carboxylic acids is 1. The Balaban J connectivity index is 1.92. The Kier molecular flexibility index (Phi) is 3.78. The maximum Gasteiger partial charge on any atom is 0.328 e. The van der Waals surface area contributed by atoms with Crippen molar-refractivity contribution in [2.45, 2.75) is 12.6 Å². The van der Waals surface area contributed by atoms with Gasteiger partial charge in [0.25, 0.3) is 0 Å². The lowest BCUT2D eigenvalue weighted by Gasteiger charge is -2.32. The second-order valence-corrected chi connectivity index (χ2v) is 3.77. The Morgan fingerprint density at radius 2 is 2.44 bits per heavy atom. The fourth-order valence-corrected chi connectivity index (χ4v) is 1.65. The maximum atomic E-state index is 11.8. The van der Waals surface area contributed by atoms with Crippen LogP contribution in [0.3, 0.4) is 0 Å². The molecule has 18 heavy (non-hydrogen) atoms. The van der Waals surface area contributed by atoms with Gasteiger partial charge in [-0.2, -0.15) is 0 Å². The molecule has 1 aliphatic rings. The van der Waals surface area contributed by atoms with Crippen LogP contribution in [0.5, 0.6) is 0 Å². The lowest BCUT2D eigenvalue weighted by molar-refractivity contribution is -0.147. The first kappa shape index (κ1) is 12.4. The number of ether oxygens (including phenoxy) is 1. The second kappa shape index (κ2) is 5.50. The molecule has 0 aliphatic carbocycles. The van der Waals surface area contributed by atoms with Gasteiger partial charge in [0.2, 0.25) is 0 Å². The Labute approximate surface area is 102 Å². The summed E-state index contributed by atoms with van der Waals surface area (Å²) in [5, 5.41) is 15.2. The molecule has 0 saturated carbocycles. The summed E-state index contributed by atoms with van der Waals surface area (Å²) >= 11 is 0. The Morgan fingerprint density at radius 1 is 1.61 bits per heavy atom. The van der Waals surface area contributed by atoms with Crippen LogP contribution in [0.15, 0.2) is 16.9 Å². The van der Waals surface area contributed by atoms with E-state index in [1.165, 1.54) is 11.2 Å². The molecule has 2 N–H and O–H groups in total. The zero-order chi connectivity index (χ0) is 13.0. The minimum atomic E-state index is -1.08. The minimum absolute atomic E-state index is 0.00666. The van der Waals surface area contributed by atoms with Crippen molar-refractivity contribution in [2.24, 2.45) is 0 Å². The molecule has 98 valence electrons. The molecule has 2 heterocycles. The normalized spacial score (nSPS) is 19.6. The van der Waals surface area contributed by atoms with E-state index in [4.69, 9.17) is 9.84 Å². The summed E-state index contributed by atoms with van der Waals surface area (Å²) in [6, 6.07) is 0.221. The number of nitrogens with zero attached hydrogens (tertiary/aromatic N) is 2. The van der Waals surface area contributed by atoms with Crippen LogP contribution < -0.4 is 5.32 Å². The van der Waals surface area contributed by atoms with Crippen LogP contribution >= 0.6 is 0 Å². The molecule has 0 aromatic carbocycles. The highest BCUT2D eigenvalue weighted by Gasteiger charge is 2.32. The van der Waals surface area contributed by atoms with Crippen molar-refractivity contribution in [1.29, 1.82) is 0 Å². The number of hydrogen-bond donors (Lipinski definition) is 2. The summed E-state index contributed by atoms with van der Waals surface area (Å²) in [7, 11) is 0. The standard InChI is InChI=1S/C10H13N3O5/c14-9(15)8-6-17-4-2-13(8)10(16)11-5-7-1-3-18-12-7/h1,3,8H,2,4-6H2,(H,11,16)(H,14,15). The molecule has 0 spiro atoms. The molecule has 1 atom stereocenters. The van der Waals surface area contributed by atoms with Gasteiger partial charge < -0.3 is 24.6 Å². The number of morpholine rings is 1. The molecule has 8 nitrogen and oxygen atoms in total. The first-order valence-electron chi connectivity index (χ1n) is 5.43. The summed E-state index contributed by atoms with van der Waals surface area (Å²) in [6.07, 6.45) is 1.40. The van der Waals surface area contributed by atoms with Crippen molar-refractivity contribution in [3.8, 4) is 0 Å². The Hall–Kier alpha value is -2.09. The number of nitrogens with one attached hydrogen (secondary N) is 1. The van der Waals surface area contributed by atoms with Crippen molar-refractivity contribution in [3.05, 3.63) is 18.0 Å². The molecule has 1 aromatic heterocycles. The van der Waals surface area contributed by atoms with E-state index in [1.807, 2.05) is 0 Å². The van der Waals surface area contributed by atoms with Crippen molar-refractivity contribution >= 4 is 12.0 Å². The van der Waals surface area contributed by atoms with Crippen LogP contribution in [0.1, 0.15) is 5.69 Å². The second-order valence-electron chi connectivity index (χ2n) is 3.77. The van der Waals surface area contributed by atoms with E-state index in [0.717, 1.165) is 0 Å². The van der Waals surface area contributed by atoms with Gasteiger partial charge in [-0.15, -0.1) is 0 Å². The van der Waals surface area contributed by atoms with Crippen LogP contribution in [0, 0.1) is 0 Å². The molecular weight excluding hydrogens is 242 g/mol. The number of rotatable bonds is 3. The average Bonchev–Trinajstić information content (AvgIpc) is 2.89. The summed E-state index contributed by atoms with van der Waals surface area (Å²) in [5.41, 5.74) is 0.573. The molecule has 0 radical (unpaired) electrons. The Morgan fingerprint density at radius 3 is 3.11 bits per heavy atom. The van der Waals surface area contributed by atoms with E-state index < -0.39 is 18.0 Å². The van der Waals surface area contributed by atoms with Gasteiger partial charge >= 0.3 is 12.0 Å². The summed E-state index contributed by atoms with van der Waals surface area (Å²) in [4.78, 5) is 24.1. The van der Waals surface area contributed by atoms with E-state index in [9.17, 15) is 9.59 Å². The lowest BCUT2D eigenvalue weighted by Crippen LogP contribution is -2.55. The van der Waals surface area contributed by atoms with Crippen molar-refractivity contribution in [3.63, 3.8) is 0 Å². The van der Waals surface area contributed by atoms with Gasteiger partial charge in [0.15, 0.2) is 6.04 Å². The van der Waals surface area contributed by atoms with Crippen LogP contribution in [-0.4, -0.2) is 53.0 Å².